The van der Waals surface area contributed by atoms with Gasteiger partial charge >= 0.3 is 0 Å². The summed E-state index contributed by atoms with van der Waals surface area (Å²) in [6.07, 6.45) is 0. The highest BCUT2D eigenvalue weighted by molar-refractivity contribution is 5.82. The van der Waals surface area contributed by atoms with Gasteiger partial charge in [0.2, 0.25) is 0 Å². The van der Waals surface area contributed by atoms with Gasteiger partial charge in [-0.25, -0.2) is 0 Å². The van der Waals surface area contributed by atoms with Gasteiger partial charge in [-0.2, -0.15) is 0 Å². The maximum absolute atomic E-state index is 5.42. The van der Waals surface area contributed by atoms with Crippen molar-refractivity contribution in [1.29, 1.82) is 0 Å². The zero-order chi connectivity index (χ0) is 35.9. The van der Waals surface area contributed by atoms with Crippen LogP contribution in [0.5, 0.6) is 23.0 Å². The minimum Gasteiger partial charge on any atom is -0.497 e. The van der Waals surface area contributed by atoms with E-state index >= 15 is 0 Å². The minimum atomic E-state index is 0.815. The Morgan fingerprint density at radius 2 is 0.500 bits per heavy atom. The van der Waals surface area contributed by atoms with Gasteiger partial charge in [0, 0.05) is 34.1 Å². The van der Waals surface area contributed by atoms with Crippen LogP contribution < -0.4 is 28.7 Å². The van der Waals surface area contributed by atoms with Crippen molar-refractivity contribution >= 4 is 34.1 Å². The predicted octanol–water partition coefficient (Wildman–Crippen LogP) is 12.0. The molecule has 258 valence electrons. The van der Waals surface area contributed by atoms with Gasteiger partial charge in [0.15, 0.2) is 0 Å². The number of benzene rings is 7. The van der Waals surface area contributed by atoms with E-state index in [1.165, 1.54) is 0 Å². The van der Waals surface area contributed by atoms with Crippen LogP contribution >= 0.6 is 0 Å². The maximum Gasteiger partial charge on any atom is 0.119 e. The molecule has 0 aliphatic heterocycles. The number of rotatable bonds is 12. The molecule has 0 heterocycles. The first-order chi connectivity index (χ1) is 25.6. The first kappa shape index (κ1) is 33.8. The second-order valence-corrected chi connectivity index (χ2v) is 12.1. The molecule has 52 heavy (non-hydrogen) atoms. The number of ether oxygens (including phenoxy) is 4. The number of methoxy groups -OCH3 is 4. The highest BCUT2D eigenvalue weighted by Crippen LogP contribution is 2.39. The van der Waals surface area contributed by atoms with Crippen LogP contribution in [-0.2, 0) is 0 Å². The minimum absolute atomic E-state index is 0.815. The normalized spacial score (nSPS) is 10.7. The van der Waals surface area contributed by atoms with E-state index in [-0.39, 0.29) is 0 Å². The monoisotopic (exact) mass is 684 g/mol. The van der Waals surface area contributed by atoms with Crippen LogP contribution in [-0.4, -0.2) is 28.4 Å². The lowest BCUT2D eigenvalue weighted by Crippen LogP contribution is -2.09. The molecule has 0 saturated heterocycles. The Kier molecular flexibility index (Phi) is 10.1. The topological polar surface area (TPSA) is 43.4 Å². The first-order valence-corrected chi connectivity index (χ1v) is 17.0. The van der Waals surface area contributed by atoms with Gasteiger partial charge in [-0.3, -0.25) is 0 Å². The van der Waals surface area contributed by atoms with Crippen molar-refractivity contribution in [3.8, 4) is 45.3 Å². The highest BCUT2D eigenvalue weighted by atomic mass is 16.5. The van der Waals surface area contributed by atoms with Crippen molar-refractivity contribution in [3.05, 3.63) is 170 Å². The van der Waals surface area contributed by atoms with Gasteiger partial charge in [-0.1, -0.05) is 42.5 Å². The van der Waals surface area contributed by atoms with Crippen molar-refractivity contribution in [2.24, 2.45) is 0 Å². The molecule has 0 aromatic heterocycles. The van der Waals surface area contributed by atoms with Crippen molar-refractivity contribution < 1.29 is 18.9 Å². The fourth-order valence-electron chi connectivity index (χ4n) is 6.30. The van der Waals surface area contributed by atoms with E-state index in [1.54, 1.807) is 28.4 Å². The molecule has 0 bridgehead atoms. The van der Waals surface area contributed by atoms with Crippen molar-refractivity contribution in [2.75, 3.05) is 38.2 Å². The van der Waals surface area contributed by atoms with Crippen LogP contribution in [0.25, 0.3) is 22.3 Å². The quantitative estimate of drug-likeness (QED) is 0.128. The molecule has 0 spiro atoms. The molecule has 0 fully saturated rings. The molecule has 7 rings (SSSR count). The summed E-state index contributed by atoms with van der Waals surface area (Å²) in [7, 11) is 6.72. The van der Waals surface area contributed by atoms with Gasteiger partial charge in [0.1, 0.15) is 23.0 Å². The SMILES string of the molecule is COc1ccc(N(c2ccc(OC)cc2)c2ccc(-c3cccc(-c4ccc(N(c5ccc(OC)cc5)c5ccc(OC)cc5)cc4)c3)cc2)cc1. The van der Waals surface area contributed by atoms with E-state index in [1.807, 2.05) is 48.5 Å². The lowest BCUT2D eigenvalue weighted by atomic mass is 9.98. The Balaban J connectivity index is 1.17. The Morgan fingerprint density at radius 3 is 0.731 bits per heavy atom. The average Bonchev–Trinajstić information content (AvgIpc) is 3.22. The molecule has 0 unspecified atom stereocenters. The van der Waals surface area contributed by atoms with Gasteiger partial charge in [-0.05, 0) is 150 Å². The summed E-state index contributed by atoms with van der Waals surface area (Å²) >= 11 is 0. The number of hydrogen-bond donors (Lipinski definition) is 0. The molecule has 0 atom stereocenters. The number of nitrogens with zero attached hydrogens (tertiary/aromatic N) is 2. The van der Waals surface area contributed by atoms with Gasteiger partial charge in [0.25, 0.3) is 0 Å². The Bertz CT molecular complexity index is 1950. The van der Waals surface area contributed by atoms with Gasteiger partial charge in [-0.15, -0.1) is 0 Å². The lowest BCUT2D eigenvalue weighted by molar-refractivity contribution is 0.414. The maximum atomic E-state index is 5.42. The van der Waals surface area contributed by atoms with Crippen LogP contribution in [0.3, 0.4) is 0 Å². The van der Waals surface area contributed by atoms with Crippen molar-refractivity contribution in [2.45, 2.75) is 0 Å². The van der Waals surface area contributed by atoms with E-state index in [0.29, 0.717) is 0 Å². The van der Waals surface area contributed by atoms with Crippen LogP contribution in [0, 0.1) is 0 Å². The standard InChI is InChI=1S/C46H40N2O4/c1-49-43-24-16-39(17-25-43)47(40-18-26-44(50-2)27-19-40)37-12-8-33(9-13-37)35-6-5-7-36(32-35)34-10-14-38(15-11-34)48(41-20-28-45(51-3)29-21-41)42-22-30-46(52-4)31-23-42/h5-32H,1-4H3. The van der Waals surface area contributed by atoms with Crippen LogP contribution in [0.15, 0.2) is 170 Å². The lowest BCUT2D eigenvalue weighted by Gasteiger charge is -2.26. The van der Waals surface area contributed by atoms with E-state index in [2.05, 4.69) is 131 Å². The summed E-state index contributed by atoms with van der Waals surface area (Å²) in [4.78, 5) is 4.45. The van der Waals surface area contributed by atoms with Crippen molar-refractivity contribution in [3.63, 3.8) is 0 Å². The predicted molar refractivity (Wildman–Crippen MR) is 213 cm³/mol. The molecular formula is C46H40N2O4. The second kappa shape index (κ2) is 15.5. The van der Waals surface area contributed by atoms with Crippen LogP contribution in [0.1, 0.15) is 0 Å². The largest absolute Gasteiger partial charge is 0.497 e. The summed E-state index contributed by atoms with van der Waals surface area (Å²) in [5.41, 5.74) is 10.8. The average molecular weight is 685 g/mol. The molecular weight excluding hydrogens is 645 g/mol. The summed E-state index contributed by atoms with van der Waals surface area (Å²) in [5.74, 6) is 3.26. The molecule has 7 aromatic rings. The summed E-state index contributed by atoms with van der Waals surface area (Å²) < 4.78 is 21.7. The fourth-order valence-corrected chi connectivity index (χ4v) is 6.30. The fraction of sp³-hybridized carbons (Fsp3) is 0.0870. The first-order valence-electron chi connectivity index (χ1n) is 17.0. The smallest absolute Gasteiger partial charge is 0.119 e. The Labute approximate surface area is 305 Å². The third-order valence-corrected chi connectivity index (χ3v) is 9.10. The van der Waals surface area contributed by atoms with Crippen LogP contribution in [0.2, 0.25) is 0 Å². The molecule has 6 heteroatoms. The zero-order valence-corrected chi connectivity index (χ0v) is 29.7. The van der Waals surface area contributed by atoms with Gasteiger partial charge in [0.05, 0.1) is 28.4 Å². The number of anilines is 6. The molecule has 0 amide bonds. The molecule has 0 aliphatic rings. The molecule has 0 radical (unpaired) electrons. The summed E-state index contributed by atoms with van der Waals surface area (Å²) in [6.45, 7) is 0. The van der Waals surface area contributed by atoms with E-state index < -0.39 is 0 Å². The molecule has 7 aromatic carbocycles. The third-order valence-electron chi connectivity index (χ3n) is 9.10. The molecule has 0 N–H and O–H groups in total. The molecule has 0 aliphatic carbocycles. The van der Waals surface area contributed by atoms with Gasteiger partial charge < -0.3 is 28.7 Å². The Hall–Kier alpha value is -6.66. The van der Waals surface area contributed by atoms with E-state index in [0.717, 1.165) is 79.4 Å². The second-order valence-electron chi connectivity index (χ2n) is 12.1. The Morgan fingerprint density at radius 1 is 0.269 bits per heavy atom. The van der Waals surface area contributed by atoms with Crippen molar-refractivity contribution in [1.82, 2.24) is 0 Å². The van der Waals surface area contributed by atoms with E-state index in [9.17, 15) is 0 Å². The third kappa shape index (κ3) is 7.28. The van der Waals surface area contributed by atoms with E-state index in [4.69, 9.17) is 18.9 Å². The summed E-state index contributed by atoms with van der Waals surface area (Å²) in [5, 5.41) is 0. The number of hydrogen-bond acceptors (Lipinski definition) is 6. The molecule has 0 saturated carbocycles. The zero-order valence-electron chi connectivity index (χ0n) is 29.7. The molecule has 6 nitrogen and oxygen atoms in total. The highest BCUT2D eigenvalue weighted by Gasteiger charge is 2.15. The van der Waals surface area contributed by atoms with Crippen LogP contribution in [0.4, 0.5) is 34.1 Å². The summed E-state index contributed by atoms with van der Waals surface area (Å²) in [6, 6.07) is 58.5.